The molecule has 0 aliphatic carbocycles. The van der Waals surface area contributed by atoms with Crippen molar-refractivity contribution in [3.8, 4) is 0 Å². The first-order valence-corrected chi connectivity index (χ1v) is 7.52. The zero-order valence-corrected chi connectivity index (χ0v) is 13.4. The van der Waals surface area contributed by atoms with E-state index in [0.717, 1.165) is 0 Å². The Morgan fingerprint density at radius 2 is 2.00 bits per heavy atom. The van der Waals surface area contributed by atoms with Gasteiger partial charge < -0.3 is 9.64 Å². The van der Waals surface area contributed by atoms with Gasteiger partial charge in [-0.2, -0.15) is 0 Å². The van der Waals surface area contributed by atoms with Gasteiger partial charge in [-0.1, -0.05) is 0 Å². The van der Waals surface area contributed by atoms with Gasteiger partial charge >= 0.3 is 5.97 Å². The number of carbonyl (C=O) groups is 1. The van der Waals surface area contributed by atoms with E-state index >= 15 is 0 Å². The Hall–Kier alpha value is -2.70. The molecule has 0 aliphatic heterocycles. The van der Waals surface area contributed by atoms with Gasteiger partial charge in [-0.3, -0.25) is 15.1 Å². The van der Waals surface area contributed by atoms with Crippen LogP contribution in [0.3, 0.4) is 0 Å². The lowest BCUT2D eigenvalue weighted by atomic mass is 10.1. The molecule has 0 bridgehead atoms. The Morgan fingerprint density at radius 3 is 2.57 bits per heavy atom. The summed E-state index contributed by atoms with van der Waals surface area (Å²) in [6, 6.07) is 4.47. The smallest absolute Gasteiger partial charge is 0.341 e. The monoisotopic (exact) mass is 317 g/mol. The molecule has 0 N–H and O–H groups in total. The summed E-state index contributed by atoms with van der Waals surface area (Å²) in [5.41, 5.74) is 1.53. The fourth-order valence-electron chi connectivity index (χ4n) is 2.52. The summed E-state index contributed by atoms with van der Waals surface area (Å²) >= 11 is 0. The predicted molar refractivity (Wildman–Crippen MR) is 87.9 cm³/mol. The van der Waals surface area contributed by atoms with Crippen molar-refractivity contribution in [3.63, 3.8) is 0 Å². The van der Waals surface area contributed by atoms with Crippen molar-refractivity contribution in [2.75, 3.05) is 24.6 Å². The minimum atomic E-state index is -0.461. The number of nitro benzene ring substituents is 1. The van der Waals surface area contributed by atoms with Crippen LogP contribution >= 0.6 is 0 Å². The van der Waals surface area contributed by atoms with E-state index in [1.807, 2.05) is 18.7 Å². The fraction of sp³-hybridized carbons (Fsp3) is 0.375. The summed E-state index contributed by atoms with van der Waals surface area (Å²) in [5, 5.41) is 11.6. The molecule has 0 saturated heterocycles. The van der Waals surface area contributed by atoms with E-state index in [1.54, 1.807) is 13.0 Å². The normalized spacial score (nSPS) is 10.6. The highest BCUT2D eigenvalue weighted by molar-refractivity contribution is 6.05. The molecule has 122 valence electrons. The molecular weight excluding hydrogens is 298 g/mol. The lowest BCUT2D eigenvalue weighted by Gasteiger charge is -2.25. The van der Waals surface area contributed by atoms with Crippen LogP contribution in [0.25, 0.3) is 10.9 Å². The van der Waals surface area contributed by atoms with Crippen LogP contribution in [0.2, 0.25) is 0 Å². The average molecular weight is 317 g/mol. The third kappa shape index (κ3) is 3.23. The Kier molecular flexibility index (Phi) is 5.10. The van der Waals surface area contributed by atoms with Crippen molar-refractivity contribution < 1.29 is 14.5 Å². The van der Waals surface area contributed by atoms with Crippen LogP contribution in [0.4, 0.5) is 11.4 Å². The van der Waals surface area contributed by atoms with Gasteiger partial charge in [0.2, 0.25) is 0 Å². The number of non-ortho nitro benzene ring substituents is 1. The molecule has 0 fully saturated rings. The Labute approximate surface area is 134 Å². The number of hydrogen-bond donors (Lipinski definition) is 0. The SMILES string of the molecule is CCOC(=O)c1cnc2cc([N+](=O)[O-])ccc2c1N(CC)CC. The summed E-state index contributed by atoms with van der Waals surface area (Å²) in [5.74, 6) is -0.442. The second-order valence-corrected chi connectivity index (χ2v) is 4.87. The maximum absolute atomic E-state index is 12.2. The molecule has 7 heteroatoms. The quantitative estimate of drug-likeness (QED) is 0.462. The highest BCUT2D eigenvalue weighted by Crippen LogP contribution is 2.32. The average Bonchev–Trinajstić information content (AvgIpc) is 2.55. The second-order valence-electron chi connectivity index (χ2n) is 4.87. The number of esters is 1. The number of fused-ring (bicyclic) bond motifs is 1. The van der Waals surface area contributed by atoms with E-state index in [1.165, 1.54) is 18.3 Å². The van der Waals surface area contributed by atoms with E-state index in [0.29, 0.717) is 35.2 Å². The Balaban J connectivity index is 2.72. The molecular formula is C16H19N3O4. The molecule has 1 aromatic carbocycles. The van der Waals surface area contributed by atoms with Crippen molar-refractivity contribution >= 4 is 28.2 Å². The number of benzene rings is 1. The minimum absolute atomic E-state index is 0.0284. The summed E-state index contributed by atoms with van der Waals surface area (Å²) in [4.78, 5) is 28.9. The van der Waals surface area contributed by atoms with Crippen molar-refractivity contribution in [2.45, 2.75) is 20.8 Å². The number of ether oxygens (including phenoxy) is 1. The number of nitro groups is 1. The van der Waals surface area contributed by atoms with Crippen LogP contribution in [0.1, 0.15) is 31.1 Å². The van der Waals surface area contributed by atoms with Crippen molar-refractivity contribution in [1.29, 1.82) is 0 Å². The van der Waals surface area contributed by atoms with E-state index in [4.69, 9.17) is 4.74 Å². The molecule has 23 heavy (non-hydrogen) atoms. The maximum atomic E-state index is 12.2. The van der Waals surface area contributed by atoms with Crippen LogP contribution in [0.5, 0.6) is 0 Å². The van der Waals surface area contributed by atoms with Crippen molar-refractivity contribution in [3.05, 3.63) is 40.1 Å². The largest absolute Gasteiger partial charge is 0.462 e. The maximum Gasteiger partial charge on any atom is 0.341 e. The summed E-state index contributed by atoms with van der Waals surface area (Å²) in [7, 11) is 0. The van der Waals surface area contributed by atoms with E-state index in [-0.39, 0.29) is 12.3 Å². The van der Waals surface area contributed by atoms with Gasteiger partial charge in [0.25, 0.3) is 5.69 Å². The number of aromatic nitrogens is 1. The number of pyridine rings is 1. The molecule has 2 aromatic rings. The molecule has 1 heterocycles. The van der Waals surface area contributed by atoms with Gasteiger partial charge in [0.1, 0.15) is 5.56 Å². The van der Waals surface area contributed by atoms with E-state index < -0.39 is 10.9 Å². The van der Waals surface area contributed by atoms with Gasteiger partial charge in [-0.15, -0.1) is 0 Å². The van der Waals surface area contributed by atoms with Gasteiger partial charge in [-0.05, 0) is 26.8 Å². The van der Waals surface area contributed by atoms with Crippen LogP contribution in [0, 0.1) is 10.1 Å². The molecule has 1 aromatic heterocycles. The van der Waals surface area contributed by atoms with Crippen LogP contribution in [0.15, 0.2) is 24.4 Å². The first-order chi connectivity index (χ1) is 11.0. The zero-order valence-electron chi connectivity index (χ0n) is 13.4. The number of rotatable bonds is 6. The zero-order chi connectivity index (χ0) is 17.0. The Morgan fingerprint density at radius 1 is 1.30 bits per heavy atom. The summed E-state index contributed by atoms with van der Waals surface area (Å²) in [6.45, 7) is 7.37. The van der Waals surface area contributed by atoms with Crippen LogP contribution in [-0.4, -0.2) is 35.6 Å². The standard InChI is InChI=1S/C16H19N3O4/c1-4-18(5-2)15-12-8-7-11(19(21)22)9-14(12)17-10-13(15)16(20)23-6-3/h7-10H,4-6H2,1-3H3. The van der Waals surface area contributed by atoms with Crippen LogP contribution in [-0.2, 0) is 4.74 Å². The molecule has 2 rings (SSSR count). The van der Waals surface area contributed by atoms with Crippen molar-refractivity contribution in [1.82, 2.24) is 4.98 Å². The fourth-order valence-corrected chi connectivity index (χ4v) is 2.52. The lowest BCUT2D eigenvalue weighted by molar-refractivity contribution is -0.384. The molecule has 0 unspecified atom stereocenters. The highest BCUT2D eigenvalue weighted by Gasteiger charge is 2.21. The van der Waals surface area contributed by atoms with E-state index in [2.05, 4.69) is 4.98 Å². The first kappa shape index (κ1) is 16.7. The van der Waals surface area contributed by atoms with Gasteiger partial charge in [-0.25, -0.2) is 4.79 Å². The number of hydrogen-bond acceptors (Lipinski definition) is 6. The third-order valence-electron chi connectivity index (χ3n) is 3.61. The van der Waals surface area contributed by atoms with E-state index in [9.17, 15) is 14.9 Å². The minimum Gasteiger partial charge on any atom is -0.462 e. The number of nitrogens with zero attached hydrogens (tertiary/aromatic N) is 3. The Bertz CT molecular complexity index is 741. The third-order valence-corrected chi connectivity index (χ3v) is 3.61. The van der Waals surface area contributed by atoms with Crippen LogP contribution < -0.4 is 4.90 Å². The van der Waals surface area contributed by atoms with Gasteiger partial charge in [0.15, 0.2) is 0 Å². The number of anilines is 1. The lowest BCUT2D eigenvalue weighted by Crippen LogP contribution is -2.25. The molecule has 0 amide bonds. The number of carbonyl (C=O) groups excluding carboxylic acids is 1. The molecule has 0 atom stereocenters. The summed E-state index contributed by atoms with van der Waals surface area (Å²) in [6.07, 6.45) is 1.43. The summed E-state index contributed by atoms with van der Waals surface area (Å²) < 4.78 is 5.10. The molecule has 0 aliphatic rings. The molecule has 0 spiro atoms. The first-order valence-electron chi connectivity index (χ1n) is 7.52. The second kappa shape index (κ2) is 7.04. The van der Waals surface area contributed by atoms with Gasteiger partial charge in [0, 0.05) is 36.8 Å². The van der Waals surface area contributed by atoms with Gasteiger partial charge in [0.05, 0.1) is 22.7 Å². The topological polar surface area (TPSA) is 85.6 Å². The molecule has 0 radical (unpaired) electrons. The highest BCUT2D eigenvalue weighted by atomic mass is 16.6. The van der Waals surface area contributed by atoms with Crippen molar-refractivity contribution in [2.24, 2.45) is 0 Å². The predicted octanol–water partition coefficient (Wildman–Crippen LogP) is 3.17. The molecule has 0 saturated carbocycles. The molecule has 7 nitrogen and oxygen atoms in total.